The van der Waals surface area contributed by atoms with E-state index in [0.717, 1.165) is 18.7 Å². The Morgan fingerprint density at radius 2 is 1.75 bits per heavy atom. The Hall–Kier alpha value is -1.80. The molecule has 0 atom stereocenters. The van der Waals surface area contributed by atoms with Crippen molar-refractivity contribution in [1.82, 2.24) is 4.90 Å². The Bertz CT molecular complexity index is 549. The first-order valence-corrected chi connectivity index (χ1v) is 7.61. The maximum absolute atomic E-state index is 10.5. The minimum Gasteiger partial charge on any atom is -0.368 e. The van der Waals surface area contributed by atoms with E-state index in [1.54, 1.807) is 12.1 Å². The lowest BCUT2D eigenvalue weighted by molar-refractivity contribution is 0.483. The molecule has 0 spiro atoms. The second-order valence-electron chi connectivity index (χ2n) is 4.47. The third-order valence-corrected chi connectivity index (χ3v) is 3.75. The number of rotatable bonds is 1. The van der Waals surface area contributed by atoms with Crippen LogP contribution in [0.15, 0.2) is 34.3 Å². The highest BCUT2D eigenvalue weighted by molar-refractivity contribution is 7.85. The van der Waals surface area contributed by atoms with E-state index in [2.05, 4.69) is 5.10 Å². The number of guanidine groups is 1. The van der Waals surface area contributed by atoms with Crippen molar-refractivity contribution in [2.75, 3.05) is 13.1 Å². The number of hydrogen-bond donors (Lipinski definition) is 3. The van der Waals surface area contributed by atoms with Crippen LogP contribution in [0.3, 0.4) is 0 Å². The van der Waals surface area contributed by atoms with E-state index in [0.29, 0.717) is 5.96 Å². The van der Waals surface area contributed by atoms with Crippen LogP contribution in [-0.4, -0.2) is 36.9 Å². The summed E-state index contributed by atoms with van der Waals surface area (Å²) < 4.78 is 29.6. The van der Waals surface area contributed by atoms with E-state index >= 15 is 0 Å². The van der Waals surface area contributed by atoms with Crippen LogP contribution in [0.1, 0.15) is 18.4 Å². The van der Waals surface area contributed by atoms with Gasteiger partial charge in [-0.1, -0.05) is 17.7 Å². The van der Waals surface area contributed by atoms with E-state index in [4.69, 9.17) is 16.1 Å². The zero-order valence-corrected chi connectivity index (χ0v) is 12.2. The molecule has 0 aromatic heterocycles. The van der Waals surface area contributed by atoms with Gasteiger partial charge in [0.05, 0.1) is 4.90 Å². The quantitative estimate of drug-likeness (QED) is 0.228. The normalized spacial score (nSPS) is 15.7. The average molecular weight is 300 g/mol. The van der Waals surface area contributed by atoms with Crippen molar-refractivity contribution >= 4 is 16.1 Å². The molecule has 1 aliphatic rings. The molecule has 0 aliphatic carbocycles. The first kappa shape index (κ1) is 16.3. The van der Waals surface area contributed by atoms with Gasteiger partial charge < -0.3 is 16.5 Å². The Morgan fingerprint density at radius 3 is 2.15 bits per heavy atom. The van der Waals surface area contributed by atoms with Gasteiger partial charge in [-0.3, -0.25) is 4.55 Å². The fourth-order valence-corrected chi connectivity index (χ4v) is 2.22. The van der Waals surface area contributed by atoms with Crippen LogP contribution in [0.4, 0.5) is 0 Å². The number of nitrogens with two attached hydrogens (primary N) is 2. The monoisotopic (exact) mass is 300 g/mol. The molecule has 2 rings (SSSR count). The summed E-state index contributed by atoms with van der Waals surface area (Å²) in [5.41, 5.74) is 6.39. The number of hydrogen-bond acceptors (Lipinski definition) is 4. The zero-order chi connectivity index (χ0) is 15.2. The molecule has 8 heteroatoms. The zero-order valence-electron chi connectivity index (χ0n) is 11.4. The third-order valence-electron chi connectivity index (χ3n) is 2.88. The summed E-state index contributed by atoms with van der Waals surface area (Å²) in [7, 11) is -4.02. The van der Waals surface area contributed by atoms with E-state index in [1.807, 2.05) is 11.8 Å². The van der Waals surface area contributed by atoms with Crippen LogP contribution < -0.4 is 11.6 Å². The van der Waals surface area contributed by atoms with Crippen molar-refractivity contribution < 1.29 is 13.0 Å². The molecule has 0 saturated carbocycles. The van der Waals surface area contributed by atoms with E-state index in [9.17, 15) is 8.42 Å². The highest BCUT2D eigenvalue weighted by Crippen LogP contribution is 2.08. The molecule has 1 aromatic rings. The van der Waals surface area contributed by atoms with Crippen LogP contribution in [0.2, 0.25) is 0 Å². The first-order chi connectivity index (χ1) is 9.34. The van der Waals surface area contributed by atoms with Crippen LogP contribution in [-0.2, 0) is 10.1 Å². The van der Waals surface area contributed by atoms with Gasteiger partial charge >= 0.3 is 0 Å². The SMILES string of the molecule is Cc1ccc(S(=O)(=O)O)cc1.N/N=C(\N)N1CCCC1. The van der Waals surface area contributed by atoms with Gasteiger partial charge in [-0.15, -0.1) is 5.10 Å². The number of aryl methyl sites for hydroxylation is 1. The van der Waals surface area contributed by atoms with Gasteiger partial charge in [0.25, 0.3) is 10.1 Å². The average Bonchev–Trinajstić information content (AvgIpc) is 2.92. The number of likely N-dealkylation sites (tertiary alicyclic amines) is 1. The van der Waals surface area contributed by atoms with E-state index in [1.165, 1.54) is 25.0 Å². The van der Waals surface area contributed by atoms with Gasteiger partial charge in [0.2, 0.25) is 5.96 Å². The van der Waals surface area contributed by atoms with E-state index < -0.39 is 10.1 Å². The second-order valence-corrected chi connectivity index (χ2v) is 5.89. The largest absolute Gasteiger partial charge is 0.368 e. The van der Waals surface area contributed by atoms with Gasteiger partial charge in [0.15, 0.2) is 0 Å². The second kappa shape index (κ2) is 7.11. The molecular formula is C12H20N4O3S. The topological polar surface area (TPSA) is 122 Å². The molecule has 0 amide bonds. The molecule has 1 aromatic carbocycles. The number of nitrogens with zero attached hydrogens (tertiary/aromatic N) is 2. The van der Waals surface area contributed by atoms with Gasteiger partial charge in [-0.05, 0) is 31.9 Å². The predicted molar refractivity (Wildman–Crippen MR) is 77.6 cm³/mol. The predicted octanol–water partition coefficient (Wildman–Crippen LogP) is 0.512. The molecule has 1 heterocycles. The van der Waals surface area contributed by atoms with Crippen LogP contribution in [0.5, 0.6) is 0 Å². The molecule has 5 N–H and O–H groups in total. The third kappa shape index (κ3) is 5.06. The Morgan fingerprint density at radius 1 is 1.25 bits per heavy atom. The molecule has 1 aliphatic heterocycles. The standard InChI is InChI=1S/C7H8O3S.C5H12N4/c1-6-2-4-7(5-3-6)11(8,9)10;6-5(8-7)9-3-1-2-4-9/h2-5H,1H3,(H,8,9,10);1-4,7H2,(H2,6,8). The Kier molecular flexibility index (Phi) is 5.78. The highest BCUT2D eigenvalue weighted by atomic mass is 32.2. The molecule has 1 saturated heterocycles. The first-order valence-electron chi connectivity index (χ1n) is 6.17. The molecular weight excluding hydrogens is 280 g/mol. The minimum absolute atomic E-state index is 0.0666. The highest BCUT2D eigenvalue weighted by Gasteiger charge is 2.12. The maximum atomic E-state index is 10.5. The van der Waals surface area contributed by atoms with Gasteiger partial charge in [0, 0.05) is 13.1 Å². The maximum Gasteiger partial charge on any atom is 0.294 e. The fraction of sp³-hybridized carbons (Fsp3) is 0.417. The summed E-state index contributed by atoms with van der Waals surface area (Å²) in [5.74, 6) is 5.44. The summed E-state index contributed by atoms with van der Waals surface area (Å²) in [5, 5.41) is 3.39. The molecule has 1 fully saturated rings. The lowest BCUT2D eigenvalue weighted by Crippen LogP contribution is -2.35. The fourth-order valence-electron chi connectivity index (χ4n) is 1.74. The van der Waals surface area contributed by atoms with Crippen molar-refractivity contribution in [3.05, 3.63) is 29.8 Å². The smallest absolute Gasteiger partial charge is 0.294 e. The van der Waals surface area contributed by atoms with Gasteiger partial charge in [-0.25, -0.2) is 0 Å². The van der Waals surface area contributed by atoms with Crippen molar-refractivity contribution in [1.29, 1.82) is 0 Å². The summed E-state index contributed by atoms with van der Waals surface area (Å²) in [6, 6.07) is 5.99. The van der Waals surface area contributed by atoms with Gasteiger partial charge in [-0.2, -0.15) is 8.42 Å². The summed E-state index contributed by atoms with van der Waals surface area (Å²) in [6.45, 7) is 3.85. The van der Waals surface area contributed by atoms with Crippen molar-refractivity contribution in [3.8, 4) is 0 Å². The van der Waals surface area contributed by atoms with Crippen molar-refractivity contribution in [3.63, 3.8) is 0 Å². The van der Waals surface area contributed by atoms with E-state index in [-0.39, 0.29) is 4.90 Å². The Balaban J connectivity index is 0.000000204. The van der Waals surface area contributed by atoms with Crippen molar-refractivity contribution in [2.45, 2.75) is 24.7 Å². The molecule has 112 valence electrons. The molecule has 0 radical (unpaired) electrons. The summed E-state index contributed by atoms with van der Waals surface area (Å²) >= 11 is 0. The van der Waals surface area contributed by atoms with Crippen LogP contribution in [0, 0.1) is 6.92 Å². The number of benzene rings is 1. The molecule has 0 bridgehead atoms. The molecule has 7 nitrogen and oxygen atoms in total. The molecule has 20 heavy (non-hydrogen) atoms. The van der Waals surface area contributed by atoms with Gasteiger partial charge in [0.1, 0.15) is 0 Å². The van der Waals surface area contributed by atoms with Crippen LogP contribution in [0.25, 0.3) is 0 Å². The van der Waals surface area contributed by atoms with Crippen LogP contribution >= 0.6 is 0 Å². The molecule has 0 unspecified atom stereocenters. The summed E-state index contributed by atoms with van der Waals surface area (Å²) in [6.07, 6.45) is 2.41. The minimum atomic E-state index is -4.02. The lowest BCUT2D eigenvalue weighted by atomic mass is 10.2. The van der Waals surface area contributed by atoms with Crippen molar-refractivity contribution in [2.24, 2.45) is 16.7 Å². The number of hydrazone groups is 1. The Labute approximate surface area is 119 Å². The lowest BCUT2D eigenvalue weighted by Gasteiger charge is -2.13. The summed E-state index contributed by atoms with van der Waals surface area (Å²) in [4.78, 5) is 1.92.